The van der Waals surface area contributed by atoms with Gasteiger partial charge in [-0.25, -0.2) is 0 Å². The third kappa shape index (κ3) is 8.51. The summed E-state index contributed by atoms with van der Waals surface area (Å²) in [6, 6.07) is 21.8. The molecular weight excluding hydrogens is 507 g/mol. The summed E-state index contributed by atoms with van der Waals surface area (Å²) >= 11 is 12.4. The van der Waals surface area contributed by atoms with E-state index in [0.29, 0.717) is 22.2 Å². The summed E-state index contributed by atoms with van der Waals surface area (Å²) in [5.41, 5.74) is 2.91. The van der Waals surface area contributed by atoms with Crippen molar-refractivity contribution in [3.05, 3.63) is 99.5 Å². The van der Waals surface area contributed by atoms with Gasteiger partial charge in [0.15, 0.2) is 6.61 Å². The highest BCUT2D eigenvalue weighted by Gasteiger charge is 2.31. The Balaban J connectivity index is 1.91. The van der Waals surface area contributed by atoms with Crippen molar-refractivity contribution in [1.29, 1.82) is 0 Å². The highest BCUT2D eigenvalue weighted by molar-refractivity contribution is 6.42. The van der Waals surface area contributed by atoms with E-state index in [1.807, 2.05) is 74.5 Å². The fourth-order valence-electron chi connectivity index (χ4n) is 3.88. The second-order valence-electron chi connectivity index (χ2n) is 9.08. The summed E-state index contributed by atoms with van der Waals surface area (Å²) in [6.45, 7) is 6.02. The average molecular weight is 542 g/mol. The summed E-state index contributed by atoms with van der Waals surface area (Å²) in [5, 5.41) is 3.88. The van der Waals surface area contributed by atoms with Crippen molar-refractivity contribution in [3.8, 4) is 5.75 Å². The maximum Gasteiger partial charge on any atom is 0.261 e. The molecule has 0 saturated carbocycles. The lowest BCUT2D eigenvalue weighted by Gasteiger charge is -2.32. The molecule has 1 N–H and O–H groups in total. The van der Waals surface area contributed by atoms with Crippen molar-refractivity contribution in [3.63, 3.8) is 0 Å². The van der Waals surface area contributed by atoms with Gasteiger partial charge >= 0.3 is 0 Å². The molecule has 0 aromatic heterocycles. The monoisotopic (exact) mass is 540 g/mol. The van der Waals surface area contributed by atoms with Crippen LogP contribution in [0.5, 0.6) is 5.75 Å². The highest BCUT2D eigenvalue weighted by atomic mass is 35.5. The van der Waals surface area contributed by atoms with Crippen LogP contribution >= 0.6 is 23.2 Å². The Morgan fingerprint density at radius 3 is 2.19 bits per heavy atom. The molecule has 3 aromatic carbocycles. The number of ether oxygens (including phenoxy) is 1. The maximum absolute atomic E-state index is 13.6. The number of carbonyl (C=O) groups excluding carboxylic acids is 2. The minimum atomic E-state index is -0.746. The van der Waals surface area contributed by atoms with Gasteiger partial charge in [-0.1, -0.05) is 85.6 Å². The van der Waals surface area contributed by atoms with Gasteiger partial charge in [-0.05, 0) is 60.7 Å². The first-order valence-electron chi connectivity index (χ1n) is 12.6. The molecule has 2 amide bonds. The number of nitrogens with zero attached hydrogens (tertiary/aromatic N) is 1. The zero-order valence-electron chi connectivity index (χ0n) is 21.5. The Morgan fingerprint density at radius 2 is 1.57 bits per heavy atom. The molecule has 0 aliphatic heterocycles. The van der Waals surface area contributed by atoms with Gasteiger partial charge < -0.3 is 15.0 Å². The molecule has 0 heterocycles. The van der Waals surface area contributed by atoms with Gasteiger partial charge in [0, 0.05) is 19.0 Å². The molecule has 3 rings (SSSR count). The van der Waals surface area contributed by atoms with Crippen molar-refractivity contribution in [1.82, 2.24) is 10.2 Å². The number of amides is 2. The second-order valence-corrected chi connectivity index (χ2v) is 9.89. The zero-order chi connectivity index (χ0) is 26.8. The van der Waals surface area contributed by atoms with Crippen molar-refractivity contribution >= 4 is 35.0 Å². The molecule has 37 heavy (non-hydrogen) atoms. The third-order valence-electron chi connectivity index (χ3n) is 6.30. The van der Waals surface area contributed by atoms with Crippen LogP contribution in [0.15, 0.2) is 72.8 Å². The van der Waals surface area contributed by atoms with Crippen molar-refractivity contribution in [2.75, 3.05) is 6.61 Å². The third-order valence-corrected chi connectivity index (χ3v) is 7.04. The van der Waals surface area contributed by atoms with E-state index in [2.05, 4.69) is 12.2 Å². The summed E-state index contributed by atoms with van der Waals surface area (Å²) in [4.78, 5) is 28.7. The highest BCUT2D eigenvalue weighted by Crippen LogP contribution is 2.24. The molecule has 0 bridgehead atoms. The molecule has 5 nitrogen and oxygen atoms in total. The van der Waals surface area contributed by atoms with Crippen LogP contribution in [-0.4, -0.2) is 35.4 Å². The van der Waals surface area contributed by atoms with Gasteiger partial charge in [-0.3, -0.25) is 9.59 Å². The predicted octanol–water partition coefficient (Wildman–Crippen LogP) is 6.49. The Morgan fingerprint density at radius 1 is 0.892 bits per heavy atom. The van der Waals surface area contributed by atoms with Gasteiger partial charge in [-0.15, -0.1) is 0 Å². The van der Waals surface area contributed by atoms with Gasteiger partial charge in [0.05, 0.1) is 10.0 Å². The number of benzene rings is 3. The van der Waals surface area contributed by atoms with Crippen LogP contribution in [0, 0.1) is 0 Å². The fourth-order valence-corrected chi connectivity index (χ4v) is 4.20. The van der Waals surface area contributed by atoms with E-state index in [-0.39, 0.29) is 31.0 Å². The van der Waals surface area contributed by atoms with E-state index in [0.717, 1.165) is 24.0 Å². The number of rotatable bonds is 12. The van der Waals surface area contributed by atoms with Crippen molar-refractivity contribution < 1.29 is 14.3 Å². The molecule has 0 spiro atoms. The number of aryl methyl sites for hydroxylation is 1. The lowest BCUT2D eigenvalue weighted by Crippen LogP contribution is -2.53. The van der Waals surface area contributed by atoms with Crippen LogP contribution in [0.4, 0.5) is 0 Å². The van der Waals surface area contributed by atoms with E-state index >= 15 is 0 Å². The largest absolute Gasteiger partial charge is 0.484 e. The van der Waals surface area contributed by atoms with Crippen LogP contribution in [0.2, 0.25) is 10.0 Å². The van der Waals surface area contributed by atoms with E-state index in [4.69, 9.17) is 27.9 Å². The Kier molecular flexibility index (Phi) is 10.8. The van der Waals surface area contributed by atoms with Crippen LogP contribution in [0.25, 0.3) is 0 Å². The van der Waals surface area contributed by atoms with Crippen LogP contribution < -0.4 is 10.1 Å². The zero-order valence-corrected chi connectivity index (χ0v) is 23.1. The molecule has 2 atom stereocenters. The molecule has 0 fully saturated rings. The average Bonchev–Trinajstić information content (AvgIpc) is 2.91. The summed E-state index contributed by atoms with van der Waals surface area (Å²) in [7, 11) is 0. The van der Waals surface area contributed by atoms with Crippen LogP contribution in [0.1, 0.15) is 43.9 Å². The molecule has 7 heteroatoms. The van der Waals surface area contributed by atoms with E-state index in [9.17, 15) is 9.59 Å². The minimum absolute atomic E-state index is 0.0268. The lowest BCUT2D eigenvalue weighted by molar-refractivity contribution is -0.143. The van der Waals surface area contributed by atoms with E-state index < -0.39 is 6.04 Å². The normalized spacial score (nSPS) is 12.5. The lowest BCUT2D eigenvalue weighted by atomic mass is 10.0. The summed E-state index contributed by atoms with van der Waals surface area (Å²) in [6.07, 6.45) is 2.06. The topological polar surface area (TPSA) is 58.6 Å². The van der Waals surface area contributed by atoms with Gasteiger partial charge in [0.1, 0.15) is 11.8 Å². The van der Waals surface area contributed by atoms with Gasteiger partial charge in [0.25, 0.3) is 5.91 Å². The molecule has 0 unspecified atom stereocenters. The first-order chi connectivity index (χ1) is 17.8. The van der Waals surface area contributed by atoms with Crippen molar-refractivity contribution in [2.45, 2.75) is 58.7 Å². The quantitative estimate of drug-likeness (QED) is 0.285. The maximum atomic E-state index is 13.6. The number of hydrogen-bond donors (Lipinski definition) is 1. The number of halogens is 2. The number of hydrogen-bond acceptors (Lipinski definition) is 3. The second kappa shape index (κ2) is 14.1. The first-order valence-corrected chi connectivity index (χ1v) is 13.4. The molecule has 0 aliphatic rings. The summed E-state index contributed by atoms with van der Waals surface area (Å²) in [5.74, 6) is 0.0912. The summed E-state index contributed by atoms with van der Waals surface area (Å²) < 4.78 is 5.84. The van der Waals surface area contributed by atoms with E-state index in [1.165, 1.54) is 5.56 Å². The molecular formula is C30H34Cl2N2O3. The fraction of sp³-hybridized carbons (Fsp3) is 0.333. The van der Waals surface area contributed by atoms with Gasteiger partial charge in [0.2, 0.25) is 5.91 Å². The standard InChI is InChI=1S/C30H34Cl2N2O3/c1-4-21(3)33-30(36)28(18-23-9-7-6-8-10-23)34(19-24-13-16-26(31)27(32)17-24)29(35)20-37-25-14-11-22(5-2)12-15-25/h6-17,21,28H,4-5,18-20H2,1-3H3,(H,33,36)/t21-,28-/m1/s1. The van der Waals surface area contributed by atoms with Crippen LogP contribution in [0.3, 0.4) is 0 Å². The van der Waals surface area contributed by atoms with Gasteiger partial charge in [-0.2, -0.15) is 0 Å². The van der Waals surface area contributed by atoms with Crippen LogP contribution in [-0.2, 0) is 29.0 Å². The number of carbonyl (C=O) groups is 2. The predicted molar refractivity (Wildman–Crippen MR) is 150 cm³/mol. The molecule has 196 valence electrons. The smallest absolute Gasteiger partial charge is 0.261 e. The molecule has 0 radical (unpaired) electrons. The first kappa shape index (κ1) is 28.5. The molecule has 0 aliphatic carbocycles. The molecule has 3 aromatic rings. The minimum Gasteiger partial charge on any atom is -0.484 e. The number of nitrogens with one attached hydrogen (secondary N) is 1. The Hall–Kier alpha value is -3.02. The SMILES string of the molecule is CCc1ccc(OCC(=O)N(Cc2ccc(Cl)c(Cl)c2)[C@H](Cc2ccccc2)C(=O)N[C@H](C)CC)cc1. The molecule has 0 saturated heterocycles. The Labute approximate surface area is 229 Å². The van der Waals surface area contributed by atoms with E-state index in [1.54, 1.807) is 17.0 Å². The Bertz CT molecular complexity index is 1170. The van der Waals surface area contributed by atoms with Crippen molar-refractivity contribution in [2.24, 2.45) is 0 Å².